The molecule has 2 aliphatic carbocycles. The lowest BCUT2D eigenvalue weighted by Crippen LogP contribution is -2.81. The number of rotatable bonds is 1. The van der Waals surface area contributed by atoms with E-state index in [1.54, 1.807) is 30.6 Å². The summed E-state index contributed by atoms with van der Waals surface area (Å²) in [6, 6.07) is 10.6. The molecule has 1 amide bonds. The number of piperidine rings is 1. The molecule has 1 saturated carbocycles. The molecule has 3 N–H and O–H groups in total. The van der Waals surface area contributed by atoms with Gasteiger partial charge in [0.1, 0.15) is 11.9 Å². The number of amides is 1. The van der Waals surface area contributed by atoms with Gasteiger partial charge in [-0.05, 0) is 47.9 Å². The topological polar surface area (TPSA) is 89.4 Å². The number of phenolic OH excluding ortho intramolecular Hbond substituents is 1. The third-order valence-corrected chi connectivity index (χ3v) is 7.03. The molecule has 2 unspecified atom stereocenters. The number of benzene rings is 2. The Balaban J connectivity index is 1.40. The highest BCUT2D eigenvalue weighted by atomic mass is 16.3. The summed E-state index contributed by atoms with van der Waals surface area (Å²) in [6.07, 6.45) is 1.75. The van der Waals surface area contributed by atoms with Crippen LogP contribution >= 0.6 is 0 Å². The van der Waals surface area contributed by atoms with Crippen molar-refractivity contribution in [2.75, 3.05) is 0 Å². The third kappa shape index (κ3) is 1.69. The molecule has 27 heavy (non-hydrogen) atoms. The molecule has 0 bridgehead atoms. The van der Waals surface area contributed by atoms with Crippen molar-refractivity contribution in [3.63, 3.8) is 0 Å². The number of H-pyrrole nitrogens is 1. The number of carbonyl (C=O) groups is 1. The van der Waals surface area contributed by atoms with Gasteiger partial charge in [-0.25, -0.2) is 4.98 Å². The fourth-order valence-corrected chi connectivity index (χ4v) is 5.75. The number of nitrogens with zero attached hydrogens (tertiary/aromatic N) is 2. The lowest BCUT2D eigenvalue weighted by atomic mass is 9.43. The maximum atomic E-state index is 13.2. The second-order valence-corrected chi connectivity index (χ2v) is 8.27. The van der Waals surface area contributed by atoms with Gasteiger partial charge in [0.2, 0.25) is 0 Å². The maximum Gasteiger partial charge on any atom is 0.254 e. The van der Waals surface area contributed by atoms with Crippen LogP contribution < -0.4 is 0 Å². The van der Waals surface area contributed by atoms with Crippen LogP contribution in [0.2, 0.25) is 0 Å². The first-order valence-electron chi connectivity index (χ1n) is 9.26. The van der Waals surface area contributed by atoms with Gasteiger partial charge in [-0.3, -0.25) is 4.79 Å². The summed E-state index contributed by atoms with van der Waals surface area (Å²) in [7, 11) is 0. The fourth-order valence-electron chi connectivity index (χ4n) is 5.75. The molecular weight excluding hydrogens is 342 g/mol. The Morgan fingerprint density at radius 2 is 2.15 bits per heavy atom. The standard InChI is InChI=1S/C21H19N3O3/c1-21-8-16-17(21)18(19(26)12-4-3-11(25)7-13(12)21)24(16)20(27)10-2-5-14-15(6-10)23-9-22-14/h2-7,9,16-19,25-26H,8H2,1H3,(H,22,23)/t16?,17-,18-,19?,21-/m0/s1. The molecule has 5 atom stereocenters. The van der Waals surface area contributed by atoms with E-state index in [1.807, 2.05) is 17.0 Å². The van der Waals surface area contributed by atoms with Crippen LogP contribution in [0.3, 0.4) is 0 Å². The van der Waals surface area contributed by atoms with Crippen molar-refractivity contribution in [1.82, 2.24) is 14.9 Å². The molecule has 136 valence electrons. The number of aliphatic hydroxyl groups excluding tert-OH is 1. The van der Waals surface area contributed by atoms with E-state index in [1.165, 1.54) is 0 Å². The van der Waals surface area contributed by atoms with Crippen molar-refractivity contribution in [2.45, 2.75) is 36.9 Å². The fraction of sp³-hybridized carbons (Fsp3) is 0.333. The highest BCUT2D eigenvalue weighted by molar-refractivity contribution is 5.98. The number of hydrogen-bond donors (Lipinski definition) is 3. The van der Waals surface area contributed by atoms with E-state index in [-0.39, 0.29) is 35.1 Å². The summed E-state index contributed by atoms with van der Waals surface area (Å²) in [4.78, 5) is 22.3. The van der Waals surface area contributed by atoms with Gasteiger partial charge in [0.25, 0.3) is 5.91 Å². The van der Waals surface area contributed by atoms with Gasteiger partial charge in [-0.15, -0.1) is 0 Å². The van der Waals surface area contributed by atoms with Gasteiger partial charge in [0.05, 0.1) is 23.4 Å². The van der Waals surface area contributed by atoms with Gasteiger partial charge in [-0.1, -0.05) is 13.0 Å². The van der Waals surface area contributed by atoms with Crippen LogP contribution in [-0.4, -0.2) is 43.1 Å². The Labute approximate surface area is 155 Å². The summed E-state index contributed by atoms with van der Waals surface area (Å²) in [6.45, 7) is 2.18. The van der Waals surface area contributed by atoms with Crippen molar-refractivity contribution in [3.05, 3.63) is 59.4 Å². The lowest BCUT2D eigenvalue weighted by molar-refractivity contribution is -0.195. The molecule has 0 radical (unpaired) electrons. The van der Waals surface area contributed by atoms with Gasteiger partial charge in [0, 0.05) is 22.9 Å². The number of aliphatic hydroxyl groups is 1. The van der Waals surface area contributed by atoms with Crippen molar-refractivity contribution in [3.8, 4) is 5.75 Å². The number of likely N-dealkylation sites (tertiary alicyclic amines) is 1. The SMILES string of the molecule is C[C@@]12CC3[C@H]1[C@@H](C(O)c1ccc(O)cc12)N3C(=O)c1ccc2nc[nH]c2c1. The number of aromatic hydroxyl groups is 1. The van der Waals surface area contributed by atoms with Crippen LogP contribution in [0.15, 0.2) is 42.7 Å². The number of carbonyl (C=O) groups excluding carboxylic acids is 1. The number of nitrogens with one attached hydrogen (secondary N) is 1. The number of imidazole rings is 1. The molecule has 1 aromatic heterocycles. The normalized spacial score (nSPS) is 33.0. The van der Waals surface area contributed by atoms with Gasteiger partial charge >= 0.3 is 0 Å². The molecule has 3 aromatic rings. The number of aromatic nitrogens is 2. The summed E-state index contributed by atoms with van der Waals surface area (Å²) < 4.78 is 0. The second-order valence-electron chi connectivity index (χ2n) is 8.27. The van der Waals surface area contributed by atoms with Crippen molar-refractivity contribution in [1.29, 1.82) is 0 Å². The monoisotopic (exact) mass is 361 g/mol. The zero-order valence-electron chi connectivity index (χ0n) is 14.8. The number of fused-ring (bicyclic) bond motifs is 3. The second kappa shape index (κ2) is 4.70. The zero-order chi connectivity index (χ0) is 18.5. The van der Waals surface area contributed by atoms with E-state index in [9.17, 15) is 15.0 Å². The molecule has 3 aliphatic rings. The Morgan fingerprint density at radius 1 is 1.30 bits per heavy atom. The first-order chi connectivity index (χ1) is 13.0. The molecule has 1 aliphatic heterocycles. The van der Waals surface area contributed by atoms with Crippen LogP contribution in [0.1, 0.15) is 40.9 Å². The van der Waals surface area contributed by atoms with Crippen LogP contribution in [0.25, 0.3) is 11.0 Å². The summed E-state index contributed by atoms with van der Waals surface area (Å²) in [5, 5.41) is 20.9. The van der Waals surface area contributed by atoms with E-state index in [2.05, 4.69) is 16.9 Å². The van der Waals surface area contributed by atoms with E-state index < -0.39 is 6.10 Å². The smallest absolute Gasteiger partial charge is 0.254 e. The molecule has 2 heterocycles. The van der Waals surface area contributed by atoms with Gasteiger partial charge in [-0.2, -0.15) is 0 Å². The van der Waals surface area contributed by atoms with E-state index in [0.29, 0.717) is 5.56 Å². The Hall–Kier alpha value is -2.86. The largest absolute Gasteiger partial charge is 0.508 e. The third-order valence-electron chi connectivity index (χ3n) is 7.03. The van der Waals surface area contributed by atoms with E-state index in [4.69, 9.17) is 0 Å². The minimum atomic E-state index is -0.727. The molecule has 6 nitrogen and oxygen atoms in total. The minimum Gasteiger partial charge on any atom is -0.508 e. The van der Waals surface area contributed by atoms with Crippen LogP contribution in [0.5, 0.6) is 5.75 Å². The van der Waals surface area contributed by atoms with Crippen molar-refractivity contribution in [2.24, 2.45) is 5.92 Å². The predicted octanol–water partition coefficient (Wildman–Crippen LogP) is 2.49. The minimum absolute atomic E-state index is 0.0407. The summed E-state index contributed by atoms with van der Waals surface area (Å²) >= 11 is 0. The molecule has 6 rings (SSSR count). The number of phenols is 1. The molecule has 1 saturated heterocycles. The first-order valence-corrected chi connectivity index (χ1v) is 9.26. The average Bonchev–Trinajstić information content (AvgIpc) is 3.11. The van der Waals surface area contributed by atoms with Crippen LogP contribution in [0.4, 0.5) is 0 Å². The Morgan fingerprint density at radius 3 is 3.00 bits per heavy atom. The molecular formula is C21H19N3O3. The Kier molecular flexibility index (Phi) is 2.65. The summed E-state index contributed by atoms with van der Waals surface area (Å²) in [5.74, 6) is 0.423. The van der Waals surface area contributed by atoms with E-state index >= 15 is 0 Å². The van der Waals surface area contributed by atoms with Crippen molar-refractivity contribution < 1.29 is 15.0 Å². The quantitative estimate of drug-likeness (QED) is 0.621. The van der Waals surface area contributed by atoms with Gasteiger partial charge in [0.15, 0.2) is 0 Å². The average molecular weight is 361 g/mol. The number of aromatic amines is 1. The van der Waals surface area contributed by atoms with Crippen LogP contribution in [0, 0.1) is 5.92 Å². The molecule has 2 fully saturated rings. The van der Waals surface area contributed by atoms with Crippen LogP contribution in [-0.2, 0) is 5.41 Å². The highest BCUT2D eigenvalue weighted by Gasteiger charge is 2.71. The number of hydrogen-bond acceptors (Lipinski definition) is 4. The zero-order valence-corrected chi connectivity index (χ0v) is 14.8. The van der Waals surface area contributed by atoms with E-state index in [0.717, 1.165) is 28.6 Å². The lowest BCUT2D eigenvalue weighted by Gasteiger charge is -2.73. The van der Waals surface area contributed by atoms with Gasteiger partial charge < -0.3 is 20.1 Å². The predicted molar refractivity (Wildman–Crippen MR) is 98.4 cm³/mol. The Bertz CT molecular complexity index is 1120. The highest BCUT2D eigenvalue weighted by Crippen LogP contribution is 2.66. The molecule has 0 spiro atoms. The van der Waals surface area contributed by atoms with Crippen molar-refractivity contribution >= 4 is 16.9 Å². The maximum absolute atomic E-state index is 13.2. The molecule has 2 aromatic carbocycles. The summed E-state index contributed by atoms with van der Waals surface area (Å²) in [5.41, 5.74) is 4.04. The molecule has 6 heteroatoms. The first kappa shape index (κ1) is 15.2.